The number of ether oxygens (including phenoxy) is 2. The zero-order valence-corrected chi connectivity index (χ0v) is 13.8. The average Bonchev–Trinajstić information content (AvgIpc) is 2.52. The minimum atomic E-state index is -0.203. The Bertz CT molecular complexity index is 728. The zero-order valence-electron chi connectivity index (χ0n) is 13.0. The van der Waals surface area contributed by atoms with E-state index in [4.69, 9.17) is 9.47 Å². The van der Waals surface area contributed by atoms with Gasteiger partial charge in [0, 0.05) is 6.07 Å². The first-order valence-corrected chi connectivity index (χ1v) is 7.86. The van der Waals surface area contributed by atoms with Crippen molar-refractivity contribution in [2.45, 2.75) is 11.8 Å². The Kier molecular flexibility index (Phi) is 5.27. The van der Waals surface area contributed by atoms with Crippen molar-refractivity contribution in [3.05, 3.63) is 45.4 Å². The summed E-state index contributed by atoms with van der Waals surface area (Å²) < 4.78 is 10.8. The van der Waals surface area contributed by atoms with E-state index in [1.54, 1.807) is 26.0 Å². The first-order valence-electron chi connectivity index (χ1n) is 6.63. The number of benzene rings is 1. The molecule has 0 bridgehead atoms. The van der Waals surface area contributed by atoms with Crippen molar-refractivity contribution in [3.63, 3.8) is 0 Å². The number of nitrogens with one attached hydrogen (secondary N) is 1. The van der Waals surface area contributed by atoms with Crippen LogP contribution < -0.4 is 15.0 Å². The van der Waals surface area contributed by atoms with E-state index < -0.39 is 0 Å². The highest BCUT2D eigenvalue weighted by Crippen LogP contribution is 2.38. The number of methoxy groups -OCH3 is 2. The normalized spacial score (nSPS) is 10.9. The van der Waals surface area contributed by atoms with Crippen molar-refractivity contribution >= 4 is 23.9 Å². The number of H-pyrrole nitrogens is 1. The number of hydrogen-bond acceptors (Lipinski definition) is 5. The van der Waals surface area contributed by atoms with Crippen LogP contribution in [0.25, 0.3) is 12.2 Å². The molecule has 2 aromatic rings. The van der Waals surface area contributed by atoms with Gasteiger partial charge in [-0.15, -0.1) is 11.8 Å². The van der Waals surface area contributed by atoms with Crippen LogP contribution in [-0.2, 0) is 0 Å². The highest BCUT2D eigenvalue weighted by Gasteiger charge is 2.10. The van der Waals surface area contributed by atoms with Gasteiger partial charge >= 0.3 is 0 Å². The van der Waals surface area contributed by atoms with Crippen LogP contribution in [0.4, 0.5) is 0 Å². The Morgan fingerprint density at radius 2 is 1.95 bits per heavy atom. The van der Waals surface area contributed by atoms with Crippen LogP contribution >= 0.6 is 11.8 Å². The third-order valence-electron chi connectivity index (χ3n) is 3.16. The van der Waals surface area contributed by atoms with Crippen LogP contribution in [0.1, 0.15) is 16.8 Å². The van der Waals surface area contributed by atoms with Crippen molar-refractivity contribution in [1.29, 1.82) is 0 Å². The number of rotatable bonds is 5. The minimum absolute atomic E-state index is 0.203. The molecule has 1 N–H and O–H groups in total. The Labute approximate surface area is 133 Å². The smallest absolute Gasteiger partial charge is 0.264 e. The van der Waals surface area contributed by atoms with Gasteiger partial charge in [0.2, 0.25) is 0 Å². The van der Waals surface area contributed by atoms with Gasteiger partial charge in [0.05, 0.1) is 24.8 Å². The Hall–Kier alpha value is -2.21. The van der Waals surface area contributed by atoms with Crippen molar-refractivity contribution in [3.8, 4) is 11.5 Å². The van der Waals surface area contributed by atoms with Gasteiger partial charge < -0.3 is 9.47 Å². The quantitative estimate of drug-likeness (QED) is 0.859. The maximum atomic E-state index is 11.2. The van der Waals surface area contributed by atoms with E-state index in [1.165, 1.54) is 6.07 Å². The number of thioether (sulfide) groups is 1. The van der Waals surface area contributed by atoms with E-state index in [1.807, 2.05) is 37.5 Å². The second-order valence-corrected chi connectivity index (χ2v) is 5.44. The van der Waals surface area contributed by atoms with Crippen LogP contribution in [0.15, 0.2) is 27.9 Å². The molecule has 0 saturated carbocycles. The molecule has 1 aromatic heterocycles. The number of aromatic amines is 1. The maximum Gasteiger partial charge on any atom is 0.264 e. The van der Waals surface area contributed by atoms with E-state index in [-0.39, 0.29) is 5.56 Å². The van der Waals surface area contributed by atoms with Crippen LogP contribution in [0.2, 0.25) is 0 Å². The van der Waals surface area contributed by atoms with Gasteiger partial charge in [-0.05, 0) is 42.5 Å². The summed E-state index contributed by atoms with van der Waals surface area (Å²) in [6.07, 6.45) is 5.77. The summed E-state index contributed by atoms with van der Waals surface area (Å²) >= 11 is 1.59. The third kappa shape index (κ3) is 3.51. The third-order valence-corrected chi connectivity index (χ3v) is 3.90. The second-order valence-electron chi connectivity index (χ2n) is 4.59. The number of hydrogen-bond donors (Lipinski definition) is 1. The van der Waals surface area contributed by atoms with Crippen LogP contribution in [-0.4, -0.2) is 30.7 Å². The summed E-state index contributed by atoms with van der Waals surface area (Å²) in [5.74, 6) is 1.41. The summed E-state index contributed by atoms with van der Waals surface area (Å²) in [7, 11) is 3.24. The molecule has 0 amide bonds. The molecule has 2 rings (SSSR count). The van der Waals surface area contributed by atoms with E-state index in [2.05, 4.69) is 10.2 Å². The van der Waals surface area contributed by atoms with Gasteiger partial charge in [0.25, 0.3) is 5.56 Å². The van der Waals surface area contributed by atoms with Gasteiger partial charge in [-0.2, -0.15) is 5.10 Å². The summed E-state index contributed by atoms with van der Waals surface area (Å²) in [5.41, 5.74) is 2.31. The molecule has 0 aliphatic heterocycles. The summed E-state index contributed by atoms with van der Waals surface area (Å²) in [6.45, 7) is 1.85. The lowest BCUT2D eigenvalue weighted by atomic mass is 10.1. The van der Waals surface area contributed by atoms with Gasteiger partial charge in [-0.1, -0.05) is 6.08 Å². The van der Waals surface area contributed by atoms with Gasteiger partial charge in [0.15, 0.2) is 11.5 Å². The van der Waals surface area contributed by atoms with E-state index in [0.717, 1.165) is 27.5 Å². The maximum absolute atomic E-state index is 11.2. The van der Waals surface area contributed by atoms with E-state index >= 15 is 0 Å². The predicted molar refractivity (Wildman–Crippen MR) is 89.8 cm³/mol. The molecule has 0 saturated heterocycles. The van der Waals surface area contributed by atoms with Crippen molar-refractivity contribution < 1.29 is 9.47 Å². The van der Waals surface area contributed by atoms with Gasteiger partial charge in [-0.25, -0.2) is 5.10 Å². The van der Waals surface area contributed by atoms with E-state index in [9.17, 15) is 4.79 Å². The molecule has 1 heterocycles. The highest BCUT2D eigenvalue weighted by atomic mass is 32.2. The lowest BCUT2D eigenvalue weighted by molar-refractivity contribution is 0.348. The molecule has 0 radical (unpaired) electrons. The Morgan fingerprint density at radius 1 is 1.18 bits per heavy atom. The average molecular weight is 318 g/mol. The molecule has 0 fully saturated rings. The summed E-state index contributed by atoms with van der Waals surface area (Å²) in [5, 5.41) is 6.46. The monoisotopic (exact) mass is 318 g/mol. The molecule has 0 atom stereocenters. The zero-order chi connectivity index (χ0) is 16.1. The first-order chi connectivity index (χ1) is 10.6. The van der Waals surface area contributed by atoms with Gasteiger partial charge in [-0.3, -0.25) is 4.79 Å². The molecular weight excluding hydrogens is 300 g/mol. The largest absolute Gasteiger partial charge is 0.493 e. The van der Waals surface area contributed by atoms with Crippen molar-refractivity contribution in [2.24, 2.45) is 0 Å². The minimum Gasteiger partial charge on any atom is -0.493 e. The summed E-state index contributed by atoms with van der Waals surface area (Å²) in [6, 6.07) is 5.44. The predicted octanol–water partition coefficient (Wildman–Crippen LogP) is 2.99. The van der Waals surface area contributed by atoms with Crippen LogP contribution in [0.5, 0.6) is 11.5 Å². The number of nitrogens with zero attached hydrogens (tertiary/aromatic N) is 1. The number of aromatic nitrogens is 2. The van der Waals surface area contributed by atoms with Crippen LogP contribution in [0, 0.1) is 6.92 Å². The molecule has 22 heavy (non-hydrogen) atoms. The fraction of sp³-hybridized carbons (Fsp3) is 0.250. The Morgan fingerprint density at radius 3 is 2.55 bits per heavy atom. The Balaban J connectivity index is 2.40. The summed E-state index contributed by atoms with van der Waals surface area (Å²) in [4.78, 5) is 12.2. The highest BCUT2D eigenvalue weighted by molar-refractivity contribution is 7.98. The lowest BCUT2D eigenvalue weighted by Gasteiger charge is -2.12. The first kappa shape index (κ1) is 16.2. The molecule has 6 heteroatoms. The SMILES string of the molecule is COc1cc(C=Cc2n[nH]c(=O)cc2C)cc(SC)c1OC. The molecule has 116 valence electrons. The molecule has 5 nitrogen and oxygen atoms in total. The van der Waals surface area contributed by atoms with Crippen molar-refractivity contribution in [1.82, 2.24) is 10.2 Å². The standard InChI is InChI=1S/C16H18N2O3S/c1-10-7-15(19)18-17-12(10)6-5-11-8-13(20-2)16(21-3)14(9-11)22-4/h5-9H,1-4H3,(H,18,19). The molecule has 0 aliphatic rings. The molecule has 1 aromatic carbocycles. The van der Waals surface area contributed by atoms with Crippen molar-refractivity contribution in [2.75, 3.05) is 20.5 Å². The number of aryl methyl sites for hydroxylation is 1. The van der Waals surface area contributed by atoms with Crippen LogP contribution in [0.3, 0.4) is 0 Å². The van der Waals surface area contributed by atoms with E-state index in [0.29, 0.717) is 5.75 Å². The topological polar surface area (TPSA) is 64.2 Å². The second kappa shape index (κ2) is 7.17. The molecular formula is C16H18N2O3S. The lowest BCUT2D eigenvalue weighted by Crippen LogP contribution is -2.08. The molecule has 0 aliphatic carbocycles. The molecule has 0 unspecified atom stereocenters. The van der Waals surface area contributed by atoms with Gasteiger partial charge in [0.1, 0.15) is 0 Å². The molecule has 0 spiro atoms. The fourth-order valence-corrected chi connectivity index (χ4v) is 2.67. The fourth-order valence-electron chi connectivity index (χ4n) is 2.05.